The average molecular weight is 405 g/mol. The molecule has 156 valence electrons. The molecule has 1 aromatic heterocycles. The second-order valence-corrected chi connectivity index (χ2v) is 8.32. The molecule has 0 saturated carbocycles. The predicted octanol–water partition coefficient (Wildman–Crippen LogP) is 3.58. The zero-order valence-corrected chi connectivity index (χ0v) is 17.6. The maximum atomic E-state index is 13.0. The Morgan fingerprint density at radius 2 is 1.70 bits per heavy atom. The summed E-state index contributed by atoms with van der Waals surface area (Å²) in [5, 5.41) is 8.48. The van der Waals surface area contributed by atoms with Gasteiger partial charge in [-0.1, -0.05) is 44.2 Å². The summed E-state index contributed by atoms with van der Waals surface area (Å²) in [4.78, 5) is 28.1. The summed E-state index contributed by atoms with van der Waals surface area (Å²) >= 11 is 0. The van der Waals surface area contributed by atoms with E-state index in [0.29, 0.717) is 29.6 Å². The second kappa shape index (κ2) is 8.69. The molecule has 2 aromatic carbocycles. The number of nitrogens with one attached hydrogen (secondary N) is 1. The summed E-state index contributed by atoms with van der Waals surface area (Å²) in [6.45, 7) is 7.16. The maximum absolute atomic E-state index is 13.0. The van der Waals surface area contributed by atoms with Gasteiger partial charge in [0.05, 0.1) is 5.39 Å². The molecule has 0 atom stereocenters. The van der Waals surface area contributed by atoms with E-state index in [2.05, 4.69) is 39.6 Å². The van der Waals surface area contributed by atoms with Crippen LogP contribution in [-0.4, -0.2) is 28.8 Å². The summed E-state index contributed by atoms with van der Waals surface area (Å²) in [5.41, 5.74) is 2.40. The quantitative estimate of drug-likeness (QED) is 0.682. The van der Waals surface area contributed by atoms with Crippen LogP contribution in [0, 0.1) is 5.92 Å². The van der Waals surface area contributed by atoms with Gasteiger partial charge in [0, 0.05) is 37.3 Å². The molecule has 1 aliphatic rings. The molecule has 0 unspecified atom stereocenters. The van der Waals surface area contributed by atoms with Gasteiger partial charge in [0.25, 0.3) is 11.5 Å². The third kappa shape index (κ3) is 4.22. The van der Waals surface area contributed by atoms with Gasteiger partial charge in [-0.25, -0.2) is 4.68 Å². The van der Waals surface area contributed by atoms with Crippen LogP contribution in [0.25, 0.3) is 10.8 Å². The Kier molecular flexibility index (Phi) is 5.84. The molecule has 2 heterocycles. The molecule has 0 bridgehead atoms. The molecule has 6 nitrogen and oxygen atoms in total. The molecule has 1 aliphatic heterocycles. The Labute approximate surface area is 176 Å². The standard InChI is InChI=1S/C24H28N4O2/c1-17(2)16-28-24(30)21-8-4-3-7-20(21)22(26-28)23(29)25-15-18-9-11-19(12-10-18)27-13-5-6-14-27/h3-4,7-12,17H,5-6,13-16H2,1-2H3,(H,25,29). The summed E-state index contributed by atoms with van der Waals surface area (Å²) in [5.74, 6) is -0.0197. The van der Waals surface area contributed by atoms with Gasteiger partial charge in [-0.15, -0.1) is 0 Å². The molecule has 1 amide bonds. The van der Waals surface area contributed by atoms with Crippen LogP contribution >= 0.6 is 0 Å². The van der Waals surface area contributed by atoms with Crippen molar-refractivity contribution in [2.75, 3.05) is 18.0 Å². The number of benzene rings is 2. The van der Waals surface area contributed by atoms with Gasteiger partial charge < -0.3 is 10.2 Å². The van der Waals surface area contributed by atoms with Crippen molar-refractivity contribution < 1.29 is 4.79 Å². The fraction of sp³-hybridized carbons (Fsp3) is 0.375. The van der Waals surface area contributed by atoms with Crippen LogP contribution in [0.5, 0.6) is 0 Å². The second-order valence-electron chi connectivity index (χ2n) is 8.32. The molecule has 1 N–H and O–H groups in total. The van der Waals surface area contributed by atoms with Crippen LogP contribution in [0.15, 0.2) is 53.3 Å². The lowest BCUT2D eigenvalue weighted by Crippen LogP contribution is -2.31. The molecule has 6 heteroatoms. The van der Waals surface area contributed by atoms with Gasteiger partial charge in [0.1, 0.15) is 0 Å². The molecule has 0 aliphatic carbocycles. The van der Waals surface area contributed by atoms with E-state index in [0.717, 1.165) is 18.7 Å². The molecule has 30 heavy (non-hydrogen) atoms. The van der Waals surface area contributed by atoms with Crippen LogP contribution in [0.4, 0.5) is 5.69 Å². The lowest BCUT2D eigenvalue weighted by atomic mass is 10.1. The molecule has 1 fully saturated rings. The Morgan fingerprint density at radius 1 is 1.03 bits per heavy atom. The van der Waals surface area contributed by atoms with E-state index in [-0.39, 0.29) is 17.4 Å². The topological polar surface area (TPSA) is 67.2 Å². The number of amides is 1. The summed E-state index contributed by atoms with van der Waals surface area (Å²) < 4.78 is 1.41. The van der Waals surface area contributed by atoms with E-state index in [1.54, 1.807) is 12.1 Å². The third-order valence-electron chi connectivity index (χ3n) is 5.48. The van der Waals surface area contributed by atoms with Crippen molar-refractivity contribution in [1.82, 2.24) is 15.1 Å². The molecule has 0 radical (unpaired) electrons. The van der Waals surface area contributed by atoms with Crippen LogP contribution in [-0.2, 0) is 13.1 Å². The Hall–Kier alpha value is -3.15. The van der Waals surface area contributed by atoms with Crippen LogP contribution < -0.4 is 15.8 Å². The number of fused-ring (bicyclic) bond motifs is 1. The summed E-state index contributed by atoms with van der Waals surface area (Å²) in [6, 6.07) is 15.5. The largest absolute Gasteiger partial charge is 0.372 e. The minimum atomic E-state index is -0.271. The molecule has 0 spiro atoms. The zero-order chi connectivity index (χ0) is 21.1. The van der Waals surface area contributed by atoms with E-state index in [1.807, 2.05) is 26.0 Å². The number of carbonyl (C=O) groups is 1. The number of aromatic nitrogens is 2. The number of nitrogens with zero attached hydrogens (tertiary/aromatic N) is 3. The summed E-state index contributed by atoms with van der Waals surface area (Å²) in [6.07, 6.45) is 2.50. The SMILES string of the molecule is CC(C)Cn1nc(C(=O)NCc2ccc(N3CCCC3)cc2)c2ccccc2c1=O. The molecule has 4 rings (SSSR count). The first-order valence-electron chi connectivity index (χ1n) is 10.6. The number of hydrogen-bond acceptors (Lipinski definition) is 4. The van der Waals surface area contributed by atoms with Gasteiger partial charge in [-0.2, -0.15) is 5.10 Å². The first-order valence-corrected chi connectivity index (χ1v) is 10.6. The van der Waals surface area contributed by atoms with Crippen molar-refractivity contribution in [3.63, 3.8) is 0 Å². The third-order valence-corrected chi connectivity index (χ3v) is 5.48. The molecular formula is C24H28N4O2. The highest BCUT2D eigenvalue weighted by atomic mass is 16.2. The Bertz CT molecular complexity index is 1100. The van der Waals surface area contributed by atoms with E-state index < -0.39 is 0 Å². The highest BCUT2D eigenvalue weighted by Crippen LogP contribution is 2.20. The first-order chi connectivity index (χ1) is 14.5. The minimum Gasteiger partial charge on any atom is -0.372 e. The molecular weight excluding hydrogens is 376 g/mol. The highest BCUT2D eigenvalue weighted by Gasteiger charge is 2.17. The molecule has 3 aromatic rings. The fourth-order valence-electron chi connectivity index (χ4n) is 3.94. The lowest BCUT2D eigenvalue weighted by Gasteiger charge is -2.17. The van der Waals surface area contributed by atoms with Crippen molar-refractivity contribution in [2.24, 2.45) is 5.92 Å². The van der Waals surface area contributed by atoms with Gasteiger partial charge in [0.2, 0.25) is 0 Å². The number of hydrogen-bond donors (Lipinski definition) is 1. The smallest absolute Gasteiger partial charge is 0.274 e. The van der Waals surface area contributed by atoms with Crippen LogP contribution in [0.1, 0.15) is 42.7 Å². The number of carbonyl (C=O) groups excluding carboxylic acids is 1. The van der Waals surface area contributed by atoms with E-state index in [9.17, 15) is 9.59 Å². The van der Waals surface area contributed by atoms with Gasteiger partial charge in [-0.05, 0) is 42.5 Å². The van der Waals surface area contributed by atoms with Crippen molar-refractivity contribution >= 4 is 22.4 Å². The predicted molar refractivity (Wildman–Crippen MR) is 120 cm³/mol. The van der Waals surface area contributed by atoms with E-state index in [4.69, 9.17) is 0 Å². The van der Waals surface area contributed by atoms with E-state index >= 15 is 0 Å². The van der Waals surface area contributed by atoms with Crippen LogP contribution in [0.2, 0.25) is 0 Å². The van der Waals surface area contributed by atoms with Gasteiger partial charge in [0.15, 0.2) is 5.69 Å². The minimum absolute atomic E-state index is 0.159. The number of rotatable bonds is 6. The highest BCUT2D eigenvalue weighted by molar-refractivity contribution is 6.04. The van der Waals surface area contributed by atoms with Gasteiger partial charge >= 0.3 is 0 Å². The first kappa shape index (κ1) is 20.1. The Morgan fingerprint density at radius 3 is 2.37 bits per heavy atom. The molecule has 1 saturated heterocycles. The van der Waals surface area contributed by atoms with Crippen molar-refractivity contribution in [2.45, 2.75) is 39.8 Å². The zero-order valence-electron chi connectivity index (χ0n) is 17.6. The normalized spacial score (nSPS) is 13.9. The monoisotopic (exact) mass is 404 g/mol. The van der Waals surface area contributed by atoms with Crippen LogP contribution in [0.3, 0.4) is 0 Å². The van der Waals surface area contributed by atoms with Crippen molar-refractivity contribution in [3.8, 4) is 0 Å². The number of anilines is 1. The average Bonchev–Trinajstić information content (AvgIpc) is 3.29. The Balaban J connectivity index is 1.54. The van der Waals surface area contributed by atoms with Gasteiger partial charge in [-0.3, -0.25) is 9.59 Å². The van der Waals surface area contributed by atoms with Crippen molar-refractivity contribution in [3.05, 3.63) is 70.1 Å². The van der Waals surface area contributed by atoms with E-state index in [1.165, 1.54) is 23.2 Å². The lowest BCUT2D eigenvalue weighted by molar-refractivity contribution is 0.0945. The van der Waals surface area contributed by atoms with Crippen molar-refractivity contribution in [1.29, 1.82) is 0 Å². The maximum Gasteiger partial charge on any atom is 0.274 e. The fourth-order valence-corrected chi connectivity index (χ4v) is 3.94. The summed E-state index contributed by atoms with van der Waals surface area (Å²) in [7, 11) is 0.